The number of hydrogen-bond acceptors (Lipinski definition) is 14. The van der Waals surface area contributed by atoms with Crippen molar-refractivity contribution in [3.8, 4) is 23.3 Å². The Balaban J connectivity index is 0.937. The average Bonchev–Trinajstić information content (AvgIpc) is 4.16. The second-order valence-electron chi connectivity index (χ2n) is 22.3. The molecule has 2 unspecified atom stereocenters. The van der Waals surface area contributed by atoms with Crippen LogP contribution in [-0.4, -0.2) is 164 Å². The summed E-state index contributed by atoms with van der Waals surface area (Å²) < 4.78 is 67.1. The van der Waals surface area contributed by atoms with Gasteiger partial charge in [-0.3, -0.25) is 24.7 Å². The Morgan fingerprint density at radius 1 is 0.675 bits per heavy atom. The third-order valence-electron chi connectivity index (χ3n) is 17.7. The maximum absolute atomic E-state index is 14.7. The van der Waals surface area contributed by atoms with Gasteiger partial charge in [-0.1, -0.05) is 17.9 Å². The van der Waals surface area contributed by atoms with E-state index in [1.807, 2.05) is 48.4 Å². The molecule has 12 nitrogen and oxygen atoms in total. The lowest BCUT2D eigenvalue weighted by Crippen LogP contribution is -2.57. The molecule has 3 aromatic carbocycles. The first kappa shape index (κ1) is 58.4. The van der Waals surface area contributed by atoms with Crippen LogP contribution in [0.25, 0.3) is 21.8 Å². The van der Waals surface area contributed by atoms with E-state index in [-0.39, 0.29) is 12.1 Å². The first-order valence-corrected chi connectivity index (χ1v) is 30.5. The molecule has 0 radical (unpaired) electrons. The zero-order valence-corrected chi connectivity index (χ0v) is 48.0. The Bertz CT molecular complexity index is 3060. The Morgan fingerprint density at radius 2 is 1.20 bits per heavy atom. The lowest BCUT2D eigenvalue weighted by atomic mass is 9.61. The molecule has 0 amide bonds. The molecular formula is C63H77F3N6O6S2. The third-order valence-corrected chi connectivity index (χ3v) is 19.8. The number of methoxy groups -OCH3 is 2. The summed E-state index contributed by atoms with van der Waals surface area (Å²) in [6.45, 7) is 11.7. The molecule has 0 saturated carbocycles. The van der Waals surface area contributed by atoms with Crippen molar-refractivity contribution in [1.29, 1.82) is 0 Å². The number of fused-ring (bicyclic) bond motifs is 2. The number of piperidine rings is 2. The summed E-state index contributed by atoms with van der Waals surface area (Å²) >= 11 is 3.66. The molecule has 0 spiro atoms. The van der Waals surface area contributed by atoms with Crippen molar-refractivity contribution in [3.63, 3.8) is 0 Å². The fourth-order valence-corrected chi connectivity index (χ4v) is 14.7. The summed E-state index contributed by atoms with van der Waals surface area (Å²) in [7, 11) is 3.38. The molecule has 10 rings (SSSR count). The topological polar surface area (TPSA) is 116 Å². The molecule has 4 fully saturated rings. The zero-order valence-electron chi connectivity index (χ0n) is 46.4. The van der Waals surface area contributed by atoms with Gasteiger partial charge in [-0.05, 0) is 167 Å². The first-order chi connectivity index (χ1) is 39.0. The normalized spacial score (nSPS) is 19.2. The number of aromatic nitrogens is 2. The van der Waals surface area contributed by atoms with Crippen LogP contribution in [-0.2, 0) is 35.4 Å². The molecule has 4 saturated heterocycles. The standard InChI is InChI=1S/C63H77F3N6O6S2/c1-75-49-11-13-56-53(39-49)51(46(41-67-56)43-71-26-31-77-32-27-71)8-3-15-62(17-22-69(23-18-62)21-5-7-45-37-48(64)38-55(65)59(45)66)60(73)61(74)63(19-24-70(25-20-63)30-36-80-58-10-6-35-79-58)16-4-9-52-47(44-72-28-33-78-34-29-72)42-68-57-14-12-50(76-2)40-54(52)57/h6,10-14,35,37-42,60-61,73-74H,3-4,8-9,15-34,36,43-44H2,1-2H3. The van der Waals surface area contributed by atoms with E-state index in [1.54, 1.807) is 25.6 Å². The first-order valence-electron chi connectivity index (χ1n) is 28.6. The molecule has 0 aliphatic carbocycles. The highest BCUT2D eigenvalue weighted by molar-refractivity contribution is 8.01. The summed E-state index contributed by atoms with van der Waals surface area (Å²) in [4.78, 5) is 19.4. The molecule has 17 heteroatoms. The maximum atomic E-state index is 14.7. The number of aliphatic hydroxyl groups excluding tert-OH is 2. The molecule has 2 N–H and O–H groups in total. The van der Waals surface area contributed by atoms with Crippen LogP contribution in [0.5, 0.6) is 11.5 Å². The van der Waals surface area contributed by atoms with E-state index >= 15 is 0 Å². The summed E-state index contributed by atoms with van der Waals surface area (Å²) in [5.41, 5.74) is 5.11. The van der Waals surface area contributed by atoms with E-state index in [9.17, 15) is 23.4 Å². The lowest BCUT2D eigenvalue weighted by molar-refractivity contribution is -0.152. The third kappa shape index (κ3) is 14.1. The molecule has 0 bridgehead atoms. The highest BCUT2D eigenvalue weighted by atomic mass is 32.2. The lowest BCUT2D eigenvalue weighted by Gasteiger charge is -2.52. The molecule has 4 aliphatic heterocycles. The van der Waals surface area contributed by atoms with Crippen molar-refractivity contribution >= 4 is 44.9 Å². The van der Waals surface area contributed by atoms with E-state index in [2.05, 4.69) is 61.1 Å². The zero-order chi connectivity index (χ0) is 55.5. The van der Waals surface area contributed by atoms with Gasteiger partial charge in [-0.25, -0.2) is 13.2 Å². The number of pyridine rings is 2. The Kier molecular flexibility index (Phi) is 20.1. The highest BCUT2D eigenvalue weighted by Crippen LogP contribution is 2.49. The predicted octanol–water partition coefficient (Wildman–Crippen LogP) is 10.0. The quantitative estimate of drug-likeness (QED) is 0.0382. The SMILES string of the molecule is COc1ccc2ncc(CN3CCOCC3)c(CCCC3(C(O)C(O)C4(CCCc5c(CN6CCOCC6)cnc6ccc(OC)cc56)CCN(CCSc5cccs5)CC4)CCN(CC#Cc4cc(F)cc(F)c4F)CC3)c2c1. The fraction of sp³-hybridized carbons (Fsp3) is 0.524. The molecule has 7 heterocycles. The summed E-state index contributed by atoms with van der Waals surface area (Å²) in [5.74, 6) is 4.87. The van der Waals surface area contributed by atoms with Crippen LogP contribution in [0.2, 0.25) is 0 Å². The maximum Gasteiger partial charge on any atom is 0.174 e. The number of halogens is 3. The van der Waals surface area contributed by atoms with Crippen LogP contribution in [0.15, 0.2) is 82.6 Å². The number of benzene rings is 3. The van der Waals surface area contributed by atoms with E-state index in [1.165, 1.54) is 26.5 Å². The van der Waals surface area contributed by atoms with Gasteiger partial charge in [-0.15, -0.1) is 23.1 Å². The summed E-state index contributed by atoms with van der Waals surface area (Å²) in [6.07, 6.45) is 9.21. The second kappa shape index (κ2) is 27.5. The van der Waals surface area contributed by atoms with Gasteiger partial charge in [0, 0.05) is 91.6 Å². The largest absolute Gasteiger partial charge is 0.497 e. The average molecular weight is 1140 g/mol. The van der Waals surface area contributed by atoms with Gasteiger partial charge < -0.3 is 34.1 Å². The van der Waals surface area contributed by atoms with Gasteiger partial charge in [0.1, 0.15) is 17.3 Å². The smallest absolute Gasteiger partial charge is 0.174 e. The van der Waals surface area contributed by atoms with Gasteiger partial charge in [0.25, 0.3) is 0 Å². The number of rotatable bonds is 22. The van der Waals surface area contributed by atoms with Crippen molar-refractivity contribution in [2.24, 2.45) is 10.8 Å². The Morgan fingerprint density at radius 3 is 1.70 bits per heavy atom. The molecule has 80 heavy (non-hydrogen) atoms. The van der Waals surface area contributed by atoms with Gasteiger partial charge in [0.2, 0.25) is 0 Å². The molecule has 2 atom stereocenters. The number of nitrogens with zero attached hydrogens (tertiary/aromatic N) is 6. The van der Waals surface area contributed by atoms with E-state index < -0.39 is 40.5 Å². The van der Waals surface area contributed by atoms with Crippen LogP contribution >= 0.6 is 23.1 Å². The van der Waals surface area contributed by atoms with Crippen molar-refractivity contribution in [2.45, 2.75) is 93.7 Å². The van der Waals surface area contributed by atoms with Crippen LogP contribution < -0.4 is 9.47 Å². The minimum absolute atomic E-state index is 0.260. The van der Waals surface area contributed by atoms with E-state index in [4.69, 9.17) is 28.9 Å². The number of morpholine rings is 2. The minimum atomic E-state index is -1.27. The van der Waals surface area contributed by atoms with Gasteiger partial charge in [0.15, 0.2) is 11.6 Å². The molecule has 3 aromatic heterocycles. The number of hydrogen-bond donors (Lipinski definition) is 2. The van der Waals surface area contributed by atoms with Gasteiger partial charge in [-0.2, -0.15) is 0 Å². The van der Waals surface area contributed by atoms with Gasteiger partial charge in [0.05, 0.1) is 80.2 Å². The van der Waals surface area contributed by atoms with E-state index in [0.717, 1.165) is 149 Å². The predicted molar refractivity (Wildman–Crippen MR) is 311 cm³/mol. The van der Waals surface area contributed by atoms with Crippen LogP contribution in [0.3, 0.4) is 0 Å². The number of likely N-dealkylation sites (tertiary alicyclic amines) is 2. The van der Waals surface area contributed by atoms with Crippen molar-refractivity contribution < 1.29 is 42.3 Å². The number of aryl methyl sites for hydroxylation is 2. The number of aliphatic hydroxyl groups is 2. The fourth-order valence-electron chi connectivity index (χ4n) is 12.8. The van der Waals surface area contributed by atoms with Crippen molar-refractivity contribution in [1.82, 2.24) is 29.6 Å². The highest BCUT2D eigenvalue weighted by Gasteiger charge is 2.51. The Labute approximate surface area is 477 Å². The van der Waals surface area contributed by atoms with Crippen LogP contribution in [0, 0.1) is 40.1 Å². The van der Waals surface area contributed by atoms with Crippen LogP contribution in [0.1, 0.15) is 79.2 Å². The molecule has 428 valence electrons. The second-order valence-corrected chi connectivity index (χ2v) is 24.7. The monoisotopic (exact) mass is 1130 g/mol. The van der Waals surface area contributed by atoms with Crippen molar-refractivity contribution in [3.05, 3.63) is 124 Å². The number of thioether (sulfide) groups is 1. The van der Waals surface area contributed by atoms with Gasteiger partial charge >= 0.3 is 0 Å². The van der Waals surface area contributed by atoms with Crippen molar-refractivity contribution in [2.75, 3.05) is 112 Å². The number of thiophene rings is 1. The van der Waals surface area contributed by atoms with Crippen LogP contribution in [0.4, 0.5) is 13.2 Å². The van der Waals surface area contributed by atoms with E-state index in [0.29, 0.717) is 64.8 Å². The minimum Gasteiger partial charge on any atom is -0.497 e. The Hall–Kier alpha value is -4.84. The molecular weight excluding hydrogens is 1060 g/mol. The molecule has 4 aliphatic rings. The number of ether oxygens (including phenoxy) is 4. The summed E-state index contributed by atoms with van der Waals surface area (Å²) in [5, 5.41) is 31.0. The molecule has 6 aromatic rings. The summed E-state index contributed by atoms with van der Waals surface area (Å²) in [6, 6.07) is 17.9.